The minimum atomic E-state index is 0.610. The molecular weight excluding hydrogens is 735 g/mol. The number of hydrogen-bond donors (Lipinski definition) is 0. The molecular formula is C53H35N7. The smallest absolute Gasteiger partial charge is 0.164 e. The van der Waals surface area contributed by atoms with Gasteiger partial charge >= 0.3 is 0 Å². The number of pyridine rings is 4. The van der Waals surface area contributed by atoms with Gasteiger partial charge in [0.2, 0.25) is 0 Å². The molecule has 0 fully saturated rings. The molecule has 0 aliphatic carbocycles. The molecule has 0 amide bonds. The minimum absolute atomic E-state index is 0.610. The predicted molar refractivity (Wildman–Crippen MR) is 243 cm³/mol. The first-order valence-corrected chi connectivity index (χ1v) is 20.0. The molecule has 11 aromatic rings. The summed E-state index contributed by atoms with van der Waals surface area (Å²) in [5.74, 6) is 1.87. The van der Waals surface area contributed by atoms with Crippen LogP contribution in [0.15, 0.2) is 176 Å². The third-order valence-corrected chi connectivity index (χ3v) is 11.4. The second-order valence-corrected chi connectivity index (χ2v) is 15.0. The Hall–Kier alpha value is -8.03. The molecule has 5 aromatic heterocycles. The number of hydrogen-bond acceptors (Lipinski definition) is 7. The predicted octanol–water partition coefficient (Wildman–Crippen LogP) is 12.7. The number of aromatic nitrogens is 7. The van der Waals surface area contributed by atoms with Crippen molar-refractivity contribution in [3.63, 3.8) is 0 Å². The van der Waals surface area contributed by atoms with Crippen molar-refractivity contribution in [3.05, 3.63) is 188 Å². The summed E-state index contributed by atoms with van der Waals surface area (Å²) in [7, 11) is 0. The molecule has 60 heavy (non-hydrogen) atoms. The Morgan fingerprint density at radius 2 is 0.750 bits per heavy atom. The molecule has 6 aromatic carbocycles. The van der Waals surface area contributed by atoms with Crippen molar-refractivity contribution in [2.45, 2.75) is 13.8 Å². The fourth-order valence-electron chi connectivity index (χ4n) is 8.63. The van der Waals surface area contributed by atoms with Gasteiger partial charge in [0.15, 0.2) is 17.5 Å². The Labute approximate surface area is 346 Å². The number of nitrogens with zero attached hydrogens (tertiary/aromatic N) is 7. The zero-order valence-corrected chi connectivity index (χ0v) is 32.9. The van der Waals surface area contributed by atoms with Gasteiger partial charge < -0.3 is 0 Å². The van der Waals surface area contributed by atoms with Crippen LogP contribution in [0.25, 0.3) is 111 Å². The monoisotopic (exact) mass is 769 g/mol. The zero-order valence-electron chi connectivity index (χ0n) is 32.9. The Morgan fingerprint density at radius 3 is 1.33 bits per heavy atom. The molecule has 0 atom stereocenters. The molecule has 0 aliphatic rings. The molecule has 0 bridgehead atoms. The summed E-state index contributed by atoms with van der Waals surface area (Å²) in [6, 6.07) is 51.8. The van der Waals surface area contributed by atoms with E-state index in [0.717, 1.165) is 93.9 Å². The minimum Gasteiger partial charge on any atom is -0.265 e. The highest BCUT2D eigenvalue weighted by atomic mass is 15.0. The molecule has 7 heteroatoms. The molecule has 0 spiro atoms. The highest BCUT2D eigenvalue weighted by Crippen LogP contribution is 2.45. The van der Waals surface area contributed by atoms with E-state index in [0.29, 0.717) is 17.5 Å². The summed E-state index contributed by atoms with van der Waals surface area (Å²) >= 11 is 0. The fraction of sp³-hybridized carbons (Fsp3) is 0.0377. The summed E-state index contributed by atoms with van der Waals surface area (Å²) in [5, 5.41) is 6.81. The Bertz CT molecular complexity index is 3370. The fourth-order valence-corrected chi connectivity index (χ4v) is 8.63. The first-order chi connectivity index (χ1) is 29.6. The lowest BCUT2D eigenvalue weighted by Crippen LogP contribution is -2.00. The molecule has 282 valence electrons. The summed E-state index contributed by atoms with van der Waals surface area (Å²) < 4.78 is 0. The first-order valence-electron chi connectivity index (χ1n) is 20.0. The highest BCUT2D eigenvalue weighted by Gasteiger charge is 2.23. The average molecular weight is 770 g/mol. The molecule has 0 radical (unpaired) electrons. The van der Waals surface area contributed by atoms with Crippen LogP contribution in [-0.4, -0.2) is 34.9 Å². The SMILES string of the molecule is Cc1c2c(-c3ccncc3)nc3cc(-c4cccc(-c5nc(-c6ccccc6)nc(-c6ccccc6)n5)c4)ccc3c2c(C)c2c(-c3ccncc3)nc3ccccc3c12. The Balaban J connectivity index is 1.14. The molecule has 0 saturated heterocycles. The topological polar surface area (TPSA) is 90.2 Å². The highest BCUT2D eigenvalue weighted by molar-refractivity contribution is 6.25. The lowest BCUT2D eigenvalue weighted by Gasteiger charge is -2.21. The third kappa shape index (κ3) is 5.95. The summed E-state index contributed by atoms with van der Waals surface area (Å²) in [4.78, 5) is 34.4. The van der Waals surface area contributed by atoms with Gasteiger partial charge in [-0.05, 0) is 89.3 Å². The molecule has 0 aliphatic heterocycles. The second-order valence-electron chi connectivity index (χ2n) is 15.0. The van der Waals surface area contributed by atoms with Crippen molar-refractivity contribution < 1.29 is 0 Å². The van der Waals surface area contributed by atoms with Crippen LogP contribution < -0.4 is 0 Å². The van der Waals surface area contributed by atoms with Gasteiger partial charge in [-0.15, -0.1) is 0 Å². The van der Waals surface area contributed by atoms with Crippen LogP contribution in [0.2, 0.25) is 0 Å². The van der Waals surface area contributed by atoms with Crippen LogP contribution in [0.3, 0.4) is 0 Å². The Morgan fingerprint density at radius 1 is 0.300 bits per heavy atom. The van der Waals surface area contributed by atoms with Crippen molar-refractivity contribution in [2.24, 2.45) is 0 Å². The van der Waals surface area contributed by atoms with Crippen LogP contribution in [0.4, 0.5) is 0 Å². The number of benzene rings is 6. The Kier molecular flexibility index (Phi) is 8.45. The van der Waals surface area contributed by atoms with Crippen molar-refractivity contribution >= 4 is 43.4 Å². The lowest BCUT2D eigenvalue weighted by atomic mass is 9.86. The molecule has 0 unspecified atom stereocenters. The number of aryl methyl sites for hydroxylation is 2. The number of para-hydroxylation sites is 1. The van der Waals surface area contributed by atoms with Crippen molar-refractivity contribution in [3.8, 4) is 67.8 Å². The van der Waals surface area contributed by atoms with Crippen molar-refractivity contribution in [2.75, 3.05) is 0 Å². The van der Waals surface area contributed by atoms with E-state index >= 15 is 0 Å². The van der Waals surface area contributed by atoms with E-state index in [9.17, 15) is 0 Å². The third-order valence-electron chi connectivity index (χ3n) is 11.4. The van der Waals surface area contributed by atoms with Crippen molar-refractivity contribution in [1.82, 2.24) is 34.9 Å². The first kappa shape index (κ1) is 35.2. The molecule has 11 rings (SSSR count). The normalized spacial score (nSPS) is 11.5. The largest absolute Gasteiger partial charge is 0.265 e. The van der Waals surface area contributed by atoms with Gasteiger partial charge in [-0.1, -0.05) is 109 Å². The van der Waals surface area contributed by atoms with Crippen LogP contribution >= 0.6 is 0 Å². The summed E-state index contributed by atoms with van der Waals surface area (Å²) in [5.41, 5.74) is 12.9. The van der Waals surface area contributed by atoms with E-state index in [-0.39, 0.29) is 0 Å². The van der Waals surface area contributed by atoms with Gasteiger partial charge in [0, 0.05) is 74.1 Å². The maximum atomic E-state index is 5.52. The summed E-state index contributed by atoms with van der Waals surface area (Å²) in [6.07, 6.45) is 7.35. The van der Waals surface area contributed by atoms with Crippen molar-refractivity contribution in [1.29, 1.82) is 0 Å². The van der Waals surface area contributed by atoms with Gasteiger partial charge in [-0.2, -0.15) is 0 Å². The molecule has 0 N–H and O–H groups in total. The quantitative estimate of drug-likeness (QED) is 0.123. The second kappa shape index (κ2) is 14.4. The van der Waals surface area contributed by atoms with Crippen LogP contribution in [-0.2, 0) is 0 Å². The zero-order chi connectivity index (χ0) is 40.2. The number of fused-ring (bicyclic) bond motifs is 6. The van der Waals surface area contributed by atoms with Gasteiger partial charge in [0.1, 0.15) is 0 Å². The van der Waals surface area contributed by atoms with Gasteiger partial charge in [-0.25, -0.2) is 24.9 Å². The lowest BCUT2D eigenvalue weighted by molar-refractivity contribution is 1.07. The van der Waals surface area contributed by atoms with Gasteiger partial charge in [-0.3, -0.25) is 9.97 Å². The maximum absolute atomic E-state index is 5.52. The van der Waals surface area contributed by atoms with E-state index in [1.165, 1.54) is 10.9 Å². The van der Waals surface area contributed by atoms with Crippen LogP contribution in [0.1, 0.15) is 11.1 Å². The van der Waals surface area contributed by atoms with E-state index in [2.05, 4.69) is 103 Å². The van der Waals surface area contributed by atoms with Crippen LogP contribution in [0, 0.1) is 13.8 Å². The summed E-state index contributed by atoms with van der Waals surface area (Å²) in [6.45, 7) is 4.47. The van der Waals surface area contributed by atoms with E-state index < -0.39 is 0 Å². The van der Waals surface area contributed by atoms with Gasteiger partial charge in [0.05, 0.1) is 22.4 Å². The maximum Gasteiger partial charge on any atom is 0.164 e. The molecule has 5 heterocycles. The van der Waals surface area contributed by atoms with Gasteiger partial charge in [0.25, 0.3) is 0 Å². The van der Waals surface area contributed by atoms with E-state index in [1.54, 1.807) is 0 Å². The number of rotatable bonds is 6. The standard InChI is InChI=1S/C53H35N7/c1-32-45-41-18-9-10-19-43(41)56-49(34-22-26-54-27-23-34)47(45)33(2)46-42-21-20-39(31-44(42)57-50(48(32)46)35-24-28-55-29-25-35)38-16-11-17-40(30-38)53-59-51(36-12-5-3-6-13-36)58-52(60-53)37-14-7-4-8-15-37/h3-31H,1-2H3. The van der Waals surface area contributed by atoms with E-state index in [4.69, 9.17) is 24.9 Å². The average Bonchev–Trinajstić information content (AvgIpc) is 3.33. The molecule has 7 nitrogen and oxygen atoms in total. The molecule has 0 saturated carbocycles. The van der Waals surface area contributed by atoms with E-state index in [1.807, 2.05) is 97.6 Å². The van der Waals surface area contributed by atoms with Crippen LogP contribution in [0.5, 0.6) is 0 Å².